The van der Waals surface area contributed by atoms with Crippen molar-refractivity contribution in [3.8, 4) is 0 Å². The van der Waals surface area contributed by atoms with Gasteiger partial charge in [0.25, 0.3) is 0 Å². The zero-order chi connectivity index (χ0) is 13.0. The van der Waals surface area contributed by atoms with Crippen LogP contribution in [-0.2, 0) is 16.6 Å². The standard InChI is InChI=1S/C16H14N2O/c1-18-14-10-17-9-7-13(14)16(15(18)19)8-6-11-4-2-3-5-12(11)16/h2-5,7,9-10H,6,8H2,1H3. The van der Waals surface area contributed by atoms with E-state index in [0.717, 1.165) is 24.1 Å². The summed E-state index contributed by atoms with van der Waals surface area (Å²) < 4.78 is 0. The molecule has 1 aliphatic carbocycles. The molecule has 2 aliphatic rings. The third-order valence-electron chi connectivity index (χ3n) is 4.54. The monoisotopic (exact) mass is 250 g/mol. The molecule has 3 heteroatoms. The van der Waals surface area contributed by atoms with Crippen molar-refractivity contribution >= 4 is 11.6 Å². The quantitative estimate of drug-likeness (QED) is 0.718. The molecule has 3 nitrogen and oxygen atoms in total. The Hall–Kier alpha value is -2.16. The molecule has 0 N–H and O–H groups in total. The molecule has 1 amide bonds. The van der Waals surface area contributed by atoms with Crippen LogP contribution >= 0.6 is 0 Å². The Balaban J connectivity index is 2.05. The Morgan fingerprint density at radius 3 is 2.95 bits per heavy atom. The van der Waals surface area contributed by atoms with Crippen molar-refractivity contribution in [2.75, 3.05) is 11.9 Å². The van der Waals surface area contributed by atoms with Gasteiger partial charge in [0.2, 0.25) is 5.91 Å². The molecular formula is C16H14N2O. The van der Waals surface area contributed by atoms with Gasteiger partial charge in [-0.1, -0.05) is 24.3 Å². The fourth-order valence-electron chi connectivity index (χ4n) is 3.64. The van der Waals surface area contributed by atoms with Crippen LogP contribution in [0.25, 0.3) is 0 Å². The molecule has 1 aromatic carbocycles. The van der Waals surface area contributed by atoms with E-state index < -0.39 is 5.41 Å². The van der Waals surface area contributed by atoms with Crippen LogP contribution in [-0.4, -0.2) is 17.9 Å². The van der Waals surface area contributed by atoms with E-state index in [4.69, 9.17) is 0 Å². The highest BCUT2D eigenvalue weighted by molar-refractivity contribution is 6.10. The van der Waals surface area contributed by atoms with E-state index in [2.05, 4.69) is 23.2 Å². The summed E-state index contributed by atoms with van der Waals surface area (Å²) in [7, 11) is 1.85. The van der Waals surface area contributed by atoms with Crippen LogP contribution in [0.4, 0.5) is 5.69 Å². The van der Waals surface area contributed by atoms with Crippen LogP contribution in [0, 0.1) is 0 Å². The molecule has 1 unspecified atom stereocenters. The van der Waals surface area contributed by atoms with Gasteiger partial charge in [-0.3, -0.25) is 9.78 Å². The van der Waals surface area contributed by atoms with Crippen molar-refractivity contribution in [3.05, 3.63) is 59.4 Å². The maximum Gasteiger partial charge on any atom is 0.242 e. The van der Waals surface area contributed by atoms with Crippen molar-refractivity contribution in [1.82, 2.24) is 4.98 Å². The van der Waals surface area contributed by atoms with Crippen molar-refractivity contribution in [2.45, 2.75) is 18.3 Å². The maximum atomic E-state index is 12.8. The smallest absolute Gasteiger partial charge is 0.242 e. The topological polar surface area (TPSA) is 33.2 Å². The number of hydrogen-bond donors (Lipinski definition) is 0. The summed E-state index contributed by atoms with van der Waals surface area (Å²) in [4.78, 5) is 18.8. The minimum atomic E-state index is -0.469. The summed E-state index contributed by atoms with van der Waals surface area (Å²) in [5.74, 6) is 0.181. The van der Waals surface area contributed by atoms with E-state index >= 15 is 0 Å². The van der Waals surface area contributed by atoms with Crippen LogP contribution in [0.1, 0.15) is 23.1 Å². The molecule has 1 spiro atoms. The lowest BCUT2D eigenvalue weighted by Crippen LogP contribution is -2.37. The Kier molecular flexibility index (Phi) is 1.94. The van der Waals surface area contributed by atoms with Gasteiger partial charge in [-0.15, -0.1) is 0 Å². The number of anilines is 1. The Morgan fingerprint density at radius 2 is 2.05 bits per heavy atom. The number of nitrogens with zero attached hydrogens (tertiary/aromatic N) is 2. The normalized spacial score (nSPS) is 23.8. The lowest BCUT2D eigenvalue weighted by atomic mass is 9.77. The van der Waals surface area contributed by atoms with E-state index in [-0.39, 0.29) is 5.91 Å². The van der Waals surface area contributed by atoms with Gasteiger partial charge in [-0.25, -0.2) is 0 Å². The molecule has 19 heavy (non-hydrogen) atoms. The molecule has 0 fully saturated rings. The van der Waals surface area contributed by atoms with Gasteiger partial charge in [0.1, 0.15) is 5.41 Å². The molecule has 2 aromatic rings. The molecule has 1 aromatic heterocycles. The summed E-state index contributed by atoms with van der Waals surface area (Å²) in [5.41, 5.74) is 4.07. The summed E-state index contributed by atoms with van der Waals surface area (Å²) in [6.07, 6.45) is 5.42. The van der Waals surface area contributed by atoms with Crippen LogP contribution in [0.5, 0.6) is 0 Å². The average Bonchev–Trinajstić information content (AvgIpc) is 2.95. The highest BCUT2D eigenvalue weighted by atomic mass is 16.2. The van der Waals surface area contributed by atoms with Crippen molar-refractivity contribution in [3.63, 3.8) is 0 Å². The summed E-state index contributed by atoms with van der Waals surface area (Å²) in [5, 5.41) is 0. The summed E-state index contributed by atoms with van der Waals surface area (Å²) >= 11 is 0. The van der Waals surface area contributed by atoms with Crippen LogP contribution in [0.3, 0.4) is 0 Å². The first kappa shape index (κ1) is 10.7. The third-order valence-corrected chi connectivity index (χ3v) is 4.54. The highest BCUT2D eigenvalue weighted by Gasteiger charge is 2.53. The molecule has 0 bridgehead atoms. The first-order valence-corrected chi connectivity index (χ1v) is 6.56. The molecule has 0 saturated heterocycles. The van der Waals surface area contributed by atoms with Crippen molar-refractivity contribution in [1.29, 1.82) is 0 Å². The van der Waals surface area contributed by atoms with E-state index in [0.29, 0.717) is 0 Å². The number of aryl methyl sites for hydroxylation is 1. The largest absolute Gasteiger partial charge is 0.313 e. The predicted octanol–water partition coefficient (Wildman–Crippen LogP) is 2.29. The fourth-order valence-corrected chi connectivity index (χ4v) is 3.64. The van der Waals surface area contributed by atoms with E-state index in [1.807, 2.05) is 19.2 Å². The number of fused-ring (bicyclic) bond motifs is 4. The molecule has 4 rings (SSSR count). The number of rotatable bonds is 0. The Morgan fingerprint density at radius 1 is 1.21 bits per heavy atom. The SMILES string of the molecule is CN1C(=O)C2(CCc3ccccc32)c2ccncc21. The molecule has 2 heterocycles. The predicted molar refractivity (Wildman–Crippen MR) is 73.2 cm³/mol. The maximum absolute atomic E-state index is 12.8. The van der Waals surface area contributed by atoms with Gasteiger partial charge in [0, 0.05) is 13.2 Å². The average molecular weight is 250 g/mol. The first-order valence-electron chi connectivity index (χ1n) is 6.56. The minimum Gasteiger partial charge on any atom is -0.313 e. The zero-order valence-corrected chi connectivity index (χ0v) is 10.8. The third kappa shape index (κ3) is 1.13. The molecule has 0 saturated carbocycles. The summed E-state index contributed by atoms with van der Waals surface area (Å²) in [6, 6.07) is 10.3. The number of hydrogen-bond acceptors (Lipinski definition) is 2. The second-order valence-electron chi connectivity index (χ2n) is 5.32. The first-order chi connectivity index (χ1) is 9.25. The van der Waals surface area contributed by atoms with Gasteiger partial charge in [-0.05, 0) is 35.6 Å². The molecule has 1 aliphatic heterocycles. The lowest BCUT2D eigenvalue weighted by molar-refractivity contribution is -0.121. The minimum absolute atomic E-state index is 0.181. The number of pyridine rings is 1. The molecular weight excluding hydrogens is 236 g/mol. The van der Waals surface area contributed by atoms with Crippen molar-refractivity contribution < 1.29 is 4.79 Å². The zero-order valence-electron chi connectivity index (χ0n) is 10.8. The summed E-state index contributed by atoms with van der Waals surface area (Å²) in [6.45, 7) is 0. The van der Waals surface area contributed by atoms with Gasteiger partial charge >= 0.3 is 0 Å². The number of carbonyl (C=O) groups is 1. The van der Waals surface area contributed by atoms with E-state index in [1.54, 1.807) is 17.3 Å². The van der Waals surface area contributed by atoms with E-state index in [1.165, 1.54) is 11.1 Å². The second-order valence-corrected chi connectivity index (χ2v) is 5.32. The number of benzene rings is 1. The van der Waals surface area contributed by atoms with Gasteiger partial charge < -0.3 is 4.90 Å². The van der Waals surface area contributed by atoms with Crippen LogP contribution < -0.4 is 4.90 Å². The second kappa shape index (κ2) is 3.44. The number of amides is 1. The van der Waals surface area contributed by atoms with Crippen LogP contribution in [0.15, 0.2) is 42.7 Å². The fraction of sp³-hybridized carbons (Fsp3) is 0.250. The Bertz CT molecular complexity index is 695. The Labute approximate surface area is 111 Å². The van der Waals surface area contributed by atoms with Crippen molar-refractivity contribution in [2.24, 2.45) is 0 Å². The van der Waals surface area contributed by atoms with Gasteiger partial charge in [0.15, 0.2) is 0 Å². The molecule has 0 radical (unpaired) electrons. The molecule has 94 valence electrons. The van der Waals surface area contributed by atoms with Gasteiger partial charge in [0.05, 0.1) is 11.9 Å². The van der Waals surface area contributed by atoms with E-state index in [9.17, 15) is 4.79 Å². The number of aromatic nitrogens is 1. The molecule has 1 atom stereocenters. The lowest BCUT2D eigenvalue weighted by Gasteiger charge is -2.23. The highest BCUT2D eigenvalue weighted by Crippen LogP contribution is 2.52. The van der Waals surface area contributed by atoms with Crippen LogP contribution in [0.2, 0.25) is 0 Å². The van der Waals surface area contributed by atoms with Gasteiger partial charge in [-0.2, -0.15) is 0 Å². The number of likely N-dealkylation sites (N-methyl/N-ethyl adjacent to an activating group) is 1. The number of carbonyl (C=O) groups excluding carboxylic acids is 1.